The molecule has 0 amide bonds. The maximum Gasteiger partial charge on any atom is 0.0494 e. The molecule has 3 fully saturated rings. The van der Waals surface area contributed by atoms with Gasteiger partial charge in [-0.05, 0) is 68.3 Å². The molecule has 3 aliphatic carbocycles. The smallest absolute Gasteiger partial charge is 0.0494 e. The SMILES string of the molecule is Cc1cc(C)cc(C(NN)C2C3C4CCC(C4)C32)c1. The van der Waals surface area contributed by atoms with Gasteiger partial charge in [0.05, 0.1) is 0 Å². The van der Waals surface area contributed by atoms with Gasteiger partial charge in [-0.3, -0.25) is 11.3 Å². The Bertz CT molecular complexity index is 474. The van der Waals surface area contributed by atoms with Crippen molar-refractivity contribution in [2.45, 2.75) is 39.2 Å². The zero-order chi connectivity index (χ0) is 13.1. The van der Waals surface area contributed by atoms with Crippen LogP contribution in [0.3, 0.4) is 0 Å². The first-order valence-electron chi connectivity index (χ1n) is 7.73. The van der Waals surface area contributed by atoms with Gasteiger partial charge >= 0.3 is 0 Å². The quantitative estimate of drug-likeness (QED) is 0.644. The summed E-state index contributed by atoms with van der Waals surface area (Å²) in [7, 11) is 0. The summed E-state index contributed by atoms with van der Waals surface area (Å²) in [6.07, 6.45) is 4.47. The summed E-state index contributed by atoms with van der Waals surface area (Å²) in [6, 6.07) is 7.24. The molecule has 5 atom stereocenters. The van der Waals surface area contributed by atoms with Crippen LogP contribution in [0.4, 0.5) is 0 Å². The number of aryl methyl sites for hydroxylation is 2. The Hall–Kier alpha value is -0.860. The molecule has 1 aromatic rings. The van der Waals surface area contributed by atoms with E-state index in [9.17, 15) is 0 Å². The first-order valence-corrected chi connectivity index (χ1v) is 7.73. The fraction of sp³-hybridized carbons (Fsp3) is 0.647. The third kappa shape index (κ3) is 1.70. The highest BCUT2D eigenvalue weighted by Crippen LogP contribution is 2.72. The molecule has 19 heavy (non-hydrogen) atoms. The Labute approximate surface area is 115 Å². The second-order valence-electron chi connectivity index (χ2n) is 7.13. The predicted molar refractivity (Wildman–Crippen MR) is 77.3 cm³/mol. The Morgan fingerprint density at radius 1 is 1.05 bits per heavy atom. The molecular weight excluding hydrogens is 232 g/mol. The summed E-state index contributed by atoms with van der Waals surface area (Å²) >= 11 is 0. The van der Waals surface area contributed by atoms with Crippen LogP contribution in [0.25, 0.3) is 0 Å². The molecule has 1 aromatic carbocycles. The normalized spacial score (nSPS) is 40.3. The maximum atomic E-state index is 5.91. The molecule has 0 aliphatic heterocycles. The second-order valence-corrected chi connectivity index (χ2v) is 7.13. The number of hydrazine groups is 1. The molecule has 0 radical (unpaired) electrons. The van der Waals surface area contributed by atoms with E-state index < -0.39 is 0 Å². The van der Waals surface area contributed by atoms with Crippen LogP contribution in [0.2, 0.25) is 0 Å². The number of fused-ring (bicyclic) bond motifs is 5. The molecule has 3 N–H and O–H groups in total. The van der Waals surface area contributed by atoms with Crippen molar-refractivity contribution in [3.8, 4) is 0 Å². The van der Waals surface area contributed by atoms with E-state index in [2.05, 4.69) is 37.5 Å². The third-order valence-corrected chi connectivity index (χ3v) is 5.96. The highest BCUT2D eigenvalue weighted by molar-refractivity contribution is 5.33. The van der Waals surface area contributed by atoms with Gasteiger partial charge in [0.15, 0.2) is 0 Å². The van der Waals surface area contributed by atoms with E-state index in [-0.39, 0.29) is 0 Å². The van der Waals surface area contributed by atoms with Gasteiger partial charge in [-0.2, -0.15) is 0 Å². The van der Waals surface area contributed by atoms with E-state index in [1.54, 1.807) is 0 Å². The fourth-order valence-electron chi connectivity index (χ4n) is 5.46. The zero-order valence-corrected chi connectivity index (χ0v) is 11.9. The van der Waals surface area contributed by atoms with E-state index in [1.807, 2.05) is 0 Å². The molecule has 0 heterocycles. The van der Waals surface area contributed by atoms with Gasteiger partial charge in [0.25, 0.3) is 0 Å². The first-order chi connectivity index (χ1) is 9.19. The van der Waals surface area contributed by atoms with Crippen LogP contribution in [0.15, 0.2) is 18.2 Å². The molecule has 0 saturated heterocycles. The minimum absolute atomic E-state index is 0.372. The Morgan fingerprint density at radius 2 is 1.63 bits per heavy atom. The number of benzene rings is 1. The van der Waals surface area contributed by atoms with E-state index in [1.165, 1.54) is 36.0 Å². The monoisotopic (exact) mass is 256 g/mol. The minimum atomic E-state index is 0.372. The molecule has 5 unspecified atom stereocenters. The molecule has 0 spiro atoms. The van der Waals surface area contributed by atoms with Gasteiger partial charge in [-0.1, -0.05) is 29.3 Å². The van der Waals surface area contributed by atoms with Crippen molar-refractivity contribution in [2.24, 2.45) is 35.4 Å². The molecule has 2 heteroatoms. The summed E-state index contributed by atoms with van der Waals surface area (Å²) in [5.74, 6) is 10.7. The molecule has 3 saturated carbocycles. The highest BCUT2D eigenvalue weighted by atomic mass is 15.2. The van der Waals surface area contributed by atoms with E-state index in [0.717, 1.165) is 29.6 Å². The standard InChI is InChI=1S/C17H24N2/c1-9-5-10(2)7-13(6-9)17(19-18)16-14-11-3-4-12(8-11)15(14)16/h5-7,11-12,14-17,19H,3-4,8,18H2,1-2H3. The van der Waals surface area contributed by atoms with Gasteiger partial charge in [0, 0.05) is 6.04 Å². The fourth-order valence-corrected chi connectivity index (χ4v) is 5.46. The lowest BCUT2D eigenvalue weighted by atomic mass is 9.92. The maximum absolute atomic E-state index is 5.91. The molecule has 4 rings (SSSR count). The van der Waals surface area contributed by atoms with Crippen molar-refractivity contribution in [3.05, 3.63) is 34.9 Å². The van der Waals surface area contributed by atoms with E-state index in [0.29, 0.717) is 6.04 Å². The summed E-state index contributed by atoms with van der Waals surface area (Å²) in [5, 5.41) is 0. The summed E-state index contributed by atoms with van der Waals surface area (Å²) < 4.78 is 0. The third-order valence-electron chi connectivity index (χ3n) is 5.96. The van der Waals surface area contributed by atoms with Crippen LogP contribution in [0.5, 0.6) is 0 Å². The molecule has 102 valence electrons. The number of nitrogens with two attached hydrogens (primary N) is 1. The summed E-state index contributed by atoms with van der Waals surface area (Å²) in [6.45, 7) is 4.36. The summed E-state index contributed by atoms with van der Waals surface area (Å²) in [5.41, 5.74) is 7.24. The minimum Gasteiger partial charge on any atom is -0.271 e. The van der Waals surface area contributed by atoms with Crippen molar-refractivity contribution in [3.63, 3.8) is 0 Å². The van der Waals surface area contributed by atoms with Crippen molar-refractivity contribution in [1.29, 1.82) is 0 Å². The van der Waals surface area contributed by atoms with Crippen LogP contribution in [-0.2, 0) is 0 Å². The van der Waals surface area contributed by atoms with E-state index >= 15 is 0 Å². The van der Waals surface area contributed by atoms with Crippen LogP contribution < -0.4 is 11.3 Å². The van der Waals surface area contributed by atoms with Gasteiger partial charge in [0.1, 0.15) is 0 Å². The number of rotatable bonds is 3. The number of hydrogen-bond acceptors (Lipinski definition) is 2. The van der Waals surface area contributed by atoms with Gasteiger partial charge in [-0.15, -0.1) is 0 Å². The van der Waals surface area contributed by atoms with Gasteiger partial charge < -0.3 is 0 Å². The largest absolute Gasteiger partial charge is 0.271 e. The van der Waals surface area contributed by atoms with Crippen molar-refractivity contribution in [1.82, 2.24) is 5.43 Å². The van der Waals surface area contributed by atoms with Gasteiger partial charge in [-0.25, -0.2) is 0 Å². The van der Waals surface area contributed by atoms with Crippen LogP contribution in [-0.4, -0.2) is 0 Å². The summed E-state index contributed by atoms with van der Waals surface area (Å²) in [4.78, 5) is 0. The lowest BCUT2D eigenvalue weighted by Crippen LogP contribution is -2.31. The first kappa shape index (κ1) is 11.9. The van der Waals surface area contributed by atoms with Gasteiger partial charge in [0.2, 0.25) is 0 Å². The molecule has 2 bridgehead atoms. The van der Waals surface area contributed by atoms with Crippen LogP contribution >= 0.6 is 0 Å². The molecule has 3 aliphatic rings. The topological polar surface area (TPSA) is 38.0 Å². The van der Waals surface area contributed by atoms with Crippen molar-refractivity contribution >= 4 is 0 Å². The number of hydrogen-bond donors (Lipinski definition) is 2. The van der Waals surface area contributed by atoms with Crippen molar-refractivity contribution in [2.75, 3.05) is 0 Å². The van der Waals surface area contributed by atoms with Crippen LogP contribution in [0.1, 0.15) is 42.0 Å². The molecule has 0 aromatic heterocycles. The Kier molecular flexibility index (Phi) is 2.55. The molecule has 2 nitrogen and oxygen atoms in total. The Morgan fingerprint density at radius 3 is 2.16 bits per heavy atom. The highest BCUT2D eigenvalue weighted by Gasteiger charge is 2.66. The number of nitrogens with one attached hydrogen (secondary N) is 1. The van der Waals surface area contributed by atoms with Crippen LogP contribution in [0, 0.1) is 43.4 Å². The lowest BCUT2D eigenvalue weighted by molar-refractivity contribution is 0.374. The van der Waals surface area contributed by atoms with E-state index in [4.69, 9.17) is 5.84 Å². The Balaban J connectivity index is 1.62. The lowest BCUT2D eigenvalue weighted by Gasteiger charge is -2.21. The zero-order valence-electron chi connectivity index (χ0n) is 11.9. The second kappa shape index (κ2) is 4.07. The van der Waals surface area contributed by atoms with Crippen molar-refractivity contribution < 1.29 is 0 Å². The molecular formula is C17H24N2. The predicted octanol–water partition coefficient (Wildman–Crippen LogP) is 3.10. The average Bonchev–Trinajstić information content (AvgIpc) is 2.79. The average molecular weight is 256 g/mol.